The van der Waals surface area contributed by atoms with Crippen LogP contribution in [0.25, 0.3) is 0 Å². The molecule has 0 aliphatic heterocycles. The fourth-order valence-corrected chi connectivity index (χ4v) is 2.42. The van der Waals surface area contributed by atoms with E-state index in [1.807, 2.05) is 6.07 Å². The number of nitrogens with one attached hydrogen (secondary N) is 2. The van der Waals surface area contributed by atoms with Crippen LogP contribution >= 0.6 is 0 Å². The molecule has 0 heterocycles. The highest BCUT2D eigenvalue weighted by molar-refractivity contribution is 7.93. The lowest BCUT2D eigenvalue weighted by atomic mass is 10.2. The van der Waals surface area contributed by atoms with Crippen molar-refractivity contribution in [1.29, 1.82) is 0 Å². The van der Waals surface area contributed by atoms with E-state index in [2.05, 4.69) is 14.8 Å². The molecular weight excluding hydrogens is 256 g/mol. The van der Waals surface area contributed by atoms with E-state index in [-0.39, 0.29) is 0 Å². The minimum Gasteiger partial charge on any atom is -0.468 e. The Hall–Kier alpha value is -1.60. The molecule has 1 rings (SSSR count). The molecule has 1 aromatic carbocycles. The number of hydrogen-bond acceptors (Lipinski definition) is 5. The predicted molar refractivity (Wildman–Crippen MR) is 68.6 cm³/mol. The van der Waals surface area contributed by atoms with Crippen LogP contribution in [0.1, 0.15) is 5.56 Å². The molecule has 0 radical (unpaired) electrons. The third-order valence-corrected chi connectivity index (χ3v) is 3.33. The average Bonchev–Trinajstić information content (AvgIpc) is 2.31. The third kappa shape index (κ3) is 4.34. The zero-order valence-corrected chi connectivity index (χ0v) is 11.1. The van der Waals surface area contributed by atoms with E-state index >= 15 is 0 Å². The van der Waals surface area contributed by atoms with Crippen LogP contribution in [-0.4, -0.2) is 34.3 Å². The van der Waals surface area contributed by atoms with E-state index in [1.54, 1.807) is 25.2 Å². The molecule has 0 amide bonds. The van der Waals surface area contributed by atoms with Gasteiger partial charge >= 0.3 is 5.97 Å². The molecule has 0 saturated heterocycles. The fraction of sp³-hybridized carbons (Fsp3) is 0.364. The lowest BCUT2D eigenvalue weighted by molar-refractivity contribution is -0.137. The van der Waals surface area contributed by atoms with Crippen LogP contribution in [0.4, 0.5) is 5.69 Å². The first-order chi connectivity index (χ1) is 8.48. The molecule has 0 aromatic heterocycles. The van der Waals surface area contributed by atoms with E-state index in [4.69, 9.17) is 0 Å². The van der Waals surface area contributed by atoms with Gasteiger partial charge in [0.2, 0.25) is 10.0 Å². The maximum absolute atomic E-state index is 11.7. The molecular formula is C11H16N2O4S. The van der Waals surface area contributed by atoms with E-state index in [9.17, 15) is 13.2 Å². The maximum atomic E-state index is 11.7. The zero-order chi connectivity index (χ0) is 13.6. The Kier molecular flexibility index (Phi) is 5.11. The first-order valence-corrected chi connectivity index (χ1v) is 6.93. The molecule has 7 heteroatoms. The summed E-state index contributed by atoms with van der Waals surface area (Å²) in [5.74, 6) is -1.49. The van der Waals surface area contributed by atoms with Crippen molar-refractivity contribution in [2.75, 3.05) is 24.6 Å². The second-order valence-electron chi connectivity index (χ2n) is 3.62. The van der Waals surface area contributed by atoms with Crippen molar-refractivity contribution >= 4 is 21.7 Å². The summed E-state index contributed by atoms with van der Waals surface area (Å²) in [5, 5.41) is 2.94. The van der Waals surface area contributed by atoms with Crippen molar-refractivity contribution in [1.82, 2.24) is 5.32 Å². The van der Waals surface area contributed by atoms with Gasteiger partial charge in [-0.3, -0.25) is 9.52 Å². The first-order valence-electron chi connectivity index (χ1n) is 5.28. The smallest absolute Gasteiger partial charge is 0.322 e. The van der Waals surface area contributed by atoms with Crippen molar-refractivity contribution in [3.8, 4) is 0 Å². The molecule has 2 N–H and O–H groups in total. The molecule has 6 nitrogen and oxygen atoms in total. The van der Waals surface area contributed by atoms with Gasteiger partial charge in [-0.25, -0.2) is 8.42 Å². The lowest BCUT2D eigenvalue weighted by Gasteiger charge is -2.11. The molecule has 0 atom stereocenters. The van der Waals surface area contributed by atoms with Gasteiger partial charge in [-0.1, -0.05) is 18.2 Å². The molecule has 0 spiro atoms. The largest absolute Gasteiger partial charge is 0.468 e. The van der Waals surface area contributed by atoms with Crippen LogP contribution < -0.4 is 10.0 Å². The standard InChI is InChI=1S/C11H16N2O4S/c1-12-7-9-5-3-4-6-10(9)13-18(15,16)8-11(14)17-2/h3-6,12-13H,7-8H2,1-2H3. The molecule has 100 valence electrons. The zero-order valence-electron chi connectivity index (χ0n) is 10.3. The van der Waals surface area contributed by atoms with Crippen LogP contribution in [0.15, 0.2) is 24.3 Å². The van der Waals surface area contributed by atoms with Crippen molar-refractivity contribution in [3.05, 3.63) is 29.8 Å². The summed E-state index contributed by atoms with van der Waals surface area (Å²) in [5.41, 5.74) is 1.25. The highest BCUT2D eigenvalue weighted by atomic mass is 32.2. The number of ether oxygens (including phenoxy) is 1. The molecule has 0 bridgehead atoms. The molecule has 0 unspecified atom stereocenters. The fourth-order valence-electron chi connectivity index (χ4n) is 1.38. The van der Waals surface area contributed by atoms with Crippen LogP contribution in [0.5, 0.6) is 0 Å². The predicted octanol–water partition coefficient (Wildman–Crippen LogP) is 0.321. The van der Waals surface area contributed by atoms with Gasteiger partial charge in [-0.2, -0.15) is 0 Å². The van der Waals surface area contributed by atoms with Gasteiger partial charge < -0.3 is 10.1 Å². The number of carbonyl (C=O) groups excluding carboxylic acids is 1. The Morgan fingerprint density at radius 3 is 2.61 bits per heavy atom. The average molecular weight is 272 g/mol. The summed E-state index contributed by atoms with van der Waals surface area (Å²) < 4.78 is 30.1. The van der Waals surface area contributed by atoms with Gasteiger partial charge in [-0.05, 0) is 18.7 Å². The summed E-state index contributed by atoms with van der Waals surface area (Å²) in [7, 11) is -0.830. The second-order valence-corrected chi connectivity index (χ2v) is 5.35. The number of sulfonamides is 1. The van der Waals surface area contributed by atoms with Crippen molar-refractivity contribution < 1.29 is 17.9 Å². The van der Waals surface area contributed by atoms with Crippen LogP contribution in [0, 0.1) is 0 Å². The van der Waals surface area contributed by atoms with Crippen molar-refractivity contribution in [2.45, 2.75) is 6.54 Å². The Labute approximate surface area is 106 Å². The minimum absolute atomic E-state index is 0.454. The topological polar surface area (TPSA) is 84.5 Å². The third-order valence-electron chi connectivity index (χ3n) is 2.19. The number of carbonyl (C=O) groups is 1. The van der Waals surface area contributed by atoms with E-state index in [1.165, 1.54) is 0 Å². The van der Waals surface area contributed by atoms with Crippen molar-refractivity contribution in [2.24, 2.45) is 0 Å². The quantitative estimate of drug-likeness (QED) is 0.729. The molecule has 1 aromatic rings. The van der Waals surface area contributed by atoms with Gasteiger partial charge in [0.15, 0.2) is 5.75 Å². The number of rotatable bonds is 6. The maximum Gasteiger partial charge on any atom is 0.322 e. The Balaban J connectivity index is 2.87. The second kappa shape index (κ2) is 6.36. The number of benzene rings is 1. The Morgan fingerprint density at radius 2 is 2.00 bits per heavy atom. The van der Waals surface area contributed by atoms with E-state index < -0.39 is 21.7 Å². The van der Waals surface area contributed by atoms with Crippen LogP contribution in [-0.2, 0) is 26.1 Å². The van der Waals surface area contributed by atoms with Gasteiger partial charge in [0.25, 0.3) is 0 Å². The Morgan fingerprint density at radius 1 is 1.33 bits per heavy atom. The molecule has 0 fully saturated rings. The summed E-state index contributed by atoms with van der Waals surface area (Å²) in [4.78, 5) is 11.0. The van der Waals surface area contributed by atoms with Gasteiger partial charge in [0.05, 0.1) is 12.8 Å². The number of methoxy groups -OCH3 is 1. The van der Waals surface area contributed by atoms with E-state index in [0.717, 1.165) is 12.7 Å². The monoisotopic (exact) mass is 272 g/mol. The number of para-hydroxylation sites is 1. The lowest BCUT2D eigenvalue weighted by Crippen LogP contribution is -2.24. The molecule has 0 saturated carbocycles. The Bertz CT molecular complexity index is 514. The summed E-state index contributed by atoms with van der Waals surface area (Å²) in [6.45, 7) is 0.525. The van der Waals surface area contributed by atoms with Gasteiger partial charge in [0, 0.05) is 6.54 Å². The molecule has 0 aliphatic rings. The van der Waals surface area contributed by atoms with Crippen LogP contribution in [0.3, 0.4) is 0 Å². The number of anilines is 1. The summed E-state index contributed by atoms with van der Waals surface area (Å²) in [6.07, 6.45) is 0. The number of hydrogen-bond donors (Lipinski definition) is 2. The summed E-state index contributed by atoms with van der Waals surface area (Å²) >= 11 is 0. The van der Waals surface area contributed by atoms with Gasteiger partial charge in [-0.15, -0.1) is 0 Å². The highest BCUT2D eigenvalue weighted by Crippen LogP contribution is 2.16. The number of esters is 1. The highest BCUT2D eigenvalue weighted by Gasteiger charge is 2.17. The minimum atomic E-state index is -3.74. The van der Waals surface area contributed by atoms with E-state index in [0.29, 0.717) is 12.2 Å². The SMILES string of the molecule is CNCc1ccccc1NS(=O)(=O)CC(=O)OC. The van der Waals surface area contributed by atoms with Crippen molar-refractivity contribution in [3.63, 3.8) is 0 Å². The van der Waals surface area contributed by atoms with Gasteiger partial charge in [0.1, 0.15) is 0 Å². The summed E-state index contributed by atoms with van der Waals surface area (Å²) in [6, 6.07) is 6.97. The first kappa shape index (κ1) is 14.5. The molecule has 0 aliphatic carbocycles. The van der Waals surface area contributed by atoms with Crippen LogP contribution in [0.2, 0.25) is 0 Å². The normalized spacial score (nSPS) is 11.0. The molecule has 18 heavy (non-hydrogen) atoms.